The van der Waals surface area contributed by atoms with Crippen molar-refractivity contribution in [1.29, 1.82) is 0 Å². The number of methoxy groups -OCH3 is 1. The summed E-state index contributed by atoms with van der Waals surface area (Å²) in [5.41, 5.74) is 2.68. The summed E-state index contributed by atoms with van der Waals surface area (Å²) in [5, 5.41) is 8.35. The summed E-state index contributed by atoms with van der Waals surface area (Å²) in [5.74, 6) is 0.912. The first-order valence-electron chi connectivity index (χ1n) is 8.77. The van der Waals surface area contributed by atoms with Gasteiger partial charge in [0.05, 0.1) is 18.4 Å². The van der Waals surface area contributed by atoms with Crippen molar-refractivity contribution in [2.45, 2.75) is 0 Å². The van der Waals surface area contributed by atoms with Gasteiger partial charge in [-0.2, -0.15) is 0 Å². The van der Waals surface area contributed by atoms with Crippen molar-refractivity contribution in [3.05, 3.63) is 77.9 Å². The number of hydrogen-bond donors (Lipinski definition) is 2. The van der Waals surface area contributed by atoms with Crippen molar-refractivity contribution >= 4 is 33.9 Å². The third kappa shape index (κ3) is 4.39. The Kier molecular flexibility index (Phi) is 5.44. The molecule has 144 valence electrons. The second-order valence-electron chi connectivity index (χ2n) is 5.96. The molecule has 3 aromatic heterocycles. The average Bonchev–Trinajstić information content (AvgIpc) is 3.24. The largest absolute Gasteiger partial charge is 0.497 e. The highest BCUT2D eigenvalue weighted by atomic mass is 32.1. The van der Waals surface area contributed by atoms with Crippen LogP contribution in [-0.2, 0) is 0 Å². The Labute approximate surface area is 171 Å². The molecule has 0 aliphatic rings. The Bertz CT molecular complexity index is 1110. The van der Waals surface area contributed by atoms with Crippen LogP contribution in [0, 0.1) is 0 Å². The fourth-order valence-corrected chi connectivity index (χ4v) is 3.33. The van der Waals surface area contributed by atoms with Crippen molar-refractivity contribution in [2.75, 3.05) is 17.7 Å². The SMILES string of the molecule is COc1ccc(Nc2ncccc2C(=O)Nc2nc(-c3ccccn3)cs2)cc1. The van der Waals surface area contributed by atoms with Gasteiger partial charge in [0, 0.05) is 23.5 Å². The summed E-state index contributed by atoms with van der Waals surface area (Å²) < 4.78 is 5.16. The molecule has 29 heavy (non-hydrogen) atoms. The summed E-state index contributed by atoms with van der Waals surface area (Å²) in [6.07, 6.45) is 3.34. The van der Waals surface area contributed by atoms with Gasteiger partial charge in [-0.3, -0.25) is 15.1 Å². The van der Waals surface area contributed by atoms with Gasteiger partial charge in [-0.15, -0.1) is 11.3 Å². The molecular formula is C21H17N5O2S. The molecule has 4 aromatic rings. The van der Waals surface area contributed by atoms with Gasteiger partial charge in [0.15, 0.2) is 5.13 Å². The lowest BCUT2D eigenvalue weighted by Crippen LogP contribution is -2.14. The first-order valence-corrected chi connectivity index (χ1v) is 9.65. The van der Waals surface area contributed by atoms with Crippen molar-refractivity contribution in [3.63, 3.8) is 0 Å². The zero-order valence-electron chi connectivity index (χ0n) is 15.5. The van der Waals surface area contributed by atoms with Crippen LogP contribution in [0.3, 0.4) is 0 Å². The highest BCUT2D eigenvalue weighted by Gasteiger charge is 2.15. The molecule has 4 rings (SSSR count). The quantitative estimate of drug-likeness (QED) is 0.489. The Morgan fingerprint density at radius 2 is 1.79 bits per heavy atom. The molecule has 0 aliphatic carbocycles. The number of hydrogen-bond acceptors (Lipinski definition) is 7. The Morgan fingerprint density at radius 3 is 2.55 bits per heavy atom. The van der Waals surface area contributed by atoms with Crippen LogP contribution in [0.25, 0.3) is 11.4 Å². The standard InChI is InChI=1S/C21H17N5O2S/c1-28-15-9-7-14(8-10-15)24-19-16(5-4-12-23-19)20(27)26-21-25-18(13-29-21)17-6-2-3-11-22-17/h2-13H,1H3,(H,23,24)(H,25,26,27). The fraction of sp³-hybridized carbons (Fsp3) is 0.0476. The average molecular weight is 403 g/mol. The number of rotatable bonds is 6. The van der Waals surface area contributed by atoms with E-state index in [0.29, 0.717) is 22.2 Å². The van der Waals surface area contributed by atoms with Crippen LogP contribution >= 0.6 is 11.3 Å². The molecule has 0 fully saturated rings. The normalized spacial score (nSPS) is 10.4. The molecule has 0 spiro atoms. The molecule has 0 radical (unpaired) electrons. The number of pyridine rings is 2. The number of ether oxygens (including phenoxy) is 1. The number of thiazole rings is 1. The Hall–Kier alpha value is -3.78. The minimum Gasteiger partial charge on any atom is -0.497 e. The smallest absolute Gasteiger partial charge is 0.261 e. The lowest BCUT2D eigenvalue weighted by Gasteiger charge is -2.10. The predicted octanol–water partition coefficient (Wildman–Crippen LogP) is 4.60. The van der Waals surface area contributed by atoms with Gasteiger partial charge in [-0.05, 0) is 48.5 Å². The third-order valence-corrected chi connectivity index (χ3v) is 4.81. The summed E-state index contributed by atoms with van der Waals surface area (Å²) in [7, 11) is 1.61. The third-order valence-electron chi connectivity index (χ3n) is 4.06. The second kappa shape index (κ2) is 8.49. The number of aromatic nitrogens is 3. The van der Waals surface area contributed by atoms with E-state index in [4.69, 9.17) is 4.74 Å². The molecule has 0 saturated heterocycles. The van der Waals surface area contributed by atoms with Crippen molar-refractivity contribution in [2.24, 2.45) is 0 Å². The summed E-state index contributed by atoms with van der Waals surface area (Å²) in [6.45, 7) is 0. The number of carbonyl (C=O) groups is 1. The van der Waals surface area contributed by atoms with E-state index >= 15 is 0 Å². The molecule has 1 aromatic carbocycles. The van der Waals surface area contributed by atoms with E-state index < -0.39 is 0 Å². The topological polar surface area (TPSA) is 89.0 Å². The molecule has 0 bridgehead atoms. The molecule has 1 amide bonds. The number of carbonyl (C=O) groups excluding carboxylic acids is 1. The van der Waals surface area contributed by atoms with Gasteiger partial charge < -0.3 is 10.1 Å². The zero-order chi connectivity index (χ0) is 20.1. The first kappa shape index (κ1) is 18.6. The van der Waals surface area contributed by atoms with Crippen molar-refractivity contribution in [3.8, 4) is 17.1 Å². The molecule has 7 nitrogen and oxygen atoms in total. The molecule has 2 N–H and O–H groups in total. The Morgan fingerprint density at radius 1 is 0.966 bits per heavy atom. The maximum Gasteiger partial charge on any atom is 0.261 e. The highest BCUT2D eigenvalue weighted by molar-refractivity contribution is 7.14. The number of amides is 1. The predicted molar refractivity (Wildman–Crippen MR) is 114 cm³/mol. The van der Waals surface area contributed by atoms with Crippen LogP contribution < -0.4 is 15.4 Å². The molecular weight excluding hydrogens is 386 g/mol. The summed E-state index contributed by atoms with van der Waals surface area (Å²) in [4.78, 5) is 25.8. The van der Waals surface area contributed by atoms with Crippen LogP contribution in [-0.4, -0.2) is 28.0 Å². The molecule has 0 unspecified atom stereocenters. The van der Waals surface area contributed by atoms with E-state index in [0.717, 1.165) is 17.1 Å². The molecule has 0 aliphatic heterocycles. The molecule has 3 heterocycles. The van der Waals surface area contributed by atoms with E-state index in [1.165, 1.54) is 11.3 Å². The van der Waals surface area contributed by atoms with Crippen LogP contribution in [0.2, 0.25) is 0 Å². The monoisotopic (exact) mass is 403 g/mol. The molecule has 0 saturated carbocycles. The van der Waals surface area contributed by atoms with Crippen LogP contribution in [0.1, 0.15) is 10.4 Å². The van der Waals surface area contributed by atoms with Gasteiger partial charge >= 0.3 is 0 Å². The lowest BCUT2D eigenvalue weighted by atomic mass is 10.2. The van der Waals surface area contributed by atoms with E-state index in [-0.39, 0.29) is 5.91 Å². The molecule has 8 heteroatoms. The van der Waals surface area contributed by atoms with Gasteiger partial charge in [0.25, 0.3) is 5.91 Å². The maximum atomic E-state index is 12.8. The van der Waals surface area contributed by atoms with E-state index in [2.05, 4.69) is 25.6 Å². The minimum atomic E-state index is -0.295. The van der Waals surface area contributed by atoms with Crippen LogP contribution in [0.4, 0.5) is 16.6 Å². The maximum absolute atomic E-state index is 12.8. The Balaban J connectivity index is 1.51. The van der Waals surface area contributed by atoms with Crippen molar-refractivity contribution < 1.29 is 9.53 Å². The lowest BCUT2D eigenvalue weighted by molar-refractivity contribution is 0.102. The fourth-order valence-electron chi connectivity index (χ4n) is 2.63. The van der Waals surface area contributed by atoms with Gasteiger partial charge in [-0.25, -0.2) is 9.97 Å². The first-order chi connectivity index (χ1) is 14.2. The number of benzene rings is 1. The van der Waals surface area contributed by atoms with Crippen molar-refractivity contribution in [1.82, 2.24) is 15.0 Å². The van der Waals surface area contributed by atoms with E-state index in [1.807, 2.05) is 47.8 Å². The second-order valence-corrected chi connectivity index (χ2v) is 6.82. The summed E-state index contributed by atoms with van der Waals surface area (Å²) >= 11 is 1.34. The van der Waals surface area contributed by atoms with E-state index in [1.54, 1.807) is 31.6 Å². The minimum absolute atomic E-state index is 0.295. The number of nitrogens with one attached hydrogen (secondary N) is 2. The van der Waals surface area contributed by atoms with Crippen LogP contribution in [0.5, 0.6) is 5.75 Å². The summed E-state index contributed by atoms with van der Waals surface area (Å²) in [6, 6.07) is 16.4. The van der Waals surface area contributed by atoms with Gasteiger partial charge in [0.1, 0.15) is 17.3 Å². The zero-order valence-corrected chi connectivity index (χ0v) is 16.3. The van der Waals surface area contributed by atoms with Gasteiger partial charge in [-0.1, -0.05) is 6.07 Å². The number of anilines is 3. The van der Waals surface area contributed by atoms with Crippen LogP contribution in [0.15, 0.2) is 72.4 Å². The van der Waals surface area contributed by atoms with E-state index in [9.17, 15) is 4.79 Å². The molecule has 0 atom stereocenters. The number of nitrogens with zero attached hydrogens (tertiary/aromatic N) is 3. The van der Waals surface area contributed by atoms with Gasteiger partial charge in [0.2, 0.25) is 0 Å². The highest BCUT2D eigenvalue weighted by Crippen LogP contribution is 2.25.